The normalized spacial score (nSPS) is 24.9. The van der Waals surface area contributed by atoms with Crippen molar-refractivity contribution < 1.29 is 9.59 Å². The molecular formula is C12H17N3O2. The molecule has 0 aromatic rings. The van der Waals surface area contributed by atoms with Crippen LogP contribution in [-0.2, 0) is 9.59 Å². The van der Waals surface area contributed by atoms with Crippen LogP contribution in [0.15, 0.2) is 0 Å². The molecule has 2 aliphatic rings. The van der Waals surface area contributed by atoms with Gasteiger partial charge in [0, 0.05) is 26.1 Å². The van der Waals surface area contributed by atoms with Gasteiger partial charge in [-0.3, -0.25) is 9.59 Å². The molecule has 0 saturated carbocycles. The fraction of sp³-hybridized carbons (Fsp3) is 0.750. The molecule has 2 aliphatic heterocycles. The first-order valence-electron chi connectivity index (χ1n) is 6.16. The number of amides is 2. The van der Waals surface area contributed by atoms with Crippen LogP contribution in [0.3, 0.4) is 0 Å². The summed E-state index contributed by atoms with van der Waals surface area (Å²) in [5, 5.41) is 8.76. The van der Waals surface area contributed by atoms with Crippen molar-refractivity contribution in [3.63, 3.8) is 0 Å². The van der Waals surface area contributed by atoms with E-state index >= 15 is 0 Å². The summed E-state index contributed by atoms with van der Waals surface area (Å²) in [4.78, 5) is 26.9. The highest BCUT2D eigenvalue weighted by Crippen LogP contribution is 2.17. The SMILES string of the molecule is N#CC1CC(=O)N(CC(=O)N2CCCCC2)C1. The molecule has 1 atom stereocenters. The number of likely N-dealkylation sites (tertiary alicyclic amines) is 2. The second-order valence-corrected chi connectivity index (χ2v) is 4.75. The van der Waals surface area contributed by atoms with Crippen LogP contribution in [0.4, 0.5) is 0 Å². The Balaban J connectivity index is 1.86. The quantitative estimate of drug-likeness (QED) is 0.694. The summed E-state index contributed by atoms with van der Waals surface area (Å²) in [5.41, 5.74) is 0. The minimum Gasteiger partial charge on any atom is -0.341 e. The zero-order valence-corrected chi connectivity index (χ0v) is 9.89. The molecule has 0 radical (unpaired) electrons. The number of piperidine rings is 1. The van der Waals surface area contributed by atoms with Gasteiger partial charge in [-0.25, -0.2) is 0 Å². The molecule has 2 fully saturated rings. The Morgan fingerprint density at radius 1 is 1.35 bits per heavy atom. The van der Waals surface area contributed by atoms with Crippen LogP contribution in [-0.4, -0.2) is 47.8 Å². The number of rotatable bonds is 2. The van der Waals surface area contributed by atoms with Gasteiger partial charge in [0.05, 0.1) is 18.5 Å². The number of nitrogens with zero attached hydrogens (tertiary/aromatic N) is 3. The largest absolute Gasteiger partial charge is 0.341 e. The van der Waals surface area contributed by atoms with E-state index in [0.29, 0.717) is 6.54 Å². The van der Waals surface area contributed by atoms with E-state index in [1.165, 1.54) is 11.3 Å². The van der Waals surface area contributed by atoms with Crippen LogP contribution in [0.1, 0.15) is 25.7 Å². The van der Waals surface area contributed by atoms with Gasteiger partial charge in [-0.05, 0) is 19.3 Å². The molecule has 0 aromatic carbocycles. The first kappa shape index (κ1) is 11.9. The molecule has 0 spiro atoms. The lowest BCUT2D eigenvalue weighted by molar-refractivity contribution is -0.138. The van der Waals surface area contributed by atoms with Gasteiger partial charge in [-0.15, -0.1) is 0 Å². The first-order chi connectivity index (χ1) is 8.20. The Bertz CT molecular complexity index is 355. The zero-order valence-electron chi connectivity index (χ0n) is 9.89. The molecule has 17 heavy (non-hydrogen) atoms. The van der Waals surface area contributed by atoms with Crippen molar-refractivity contribution in [2.24, 2.45) is 5.92 Å². The maximum atomic E-state index is 11.9. The van der Waals surface area contributed by atoms with E-state index in [9.17, 15) is 9.59 Å². The average molecular weight is 235 g/mol. The smallest absolute Gasteiger partial charge is 0.242 e. The molecule has 5 nitrogen and oxygen atoms in total. The van der Waals surface area contributed by atoms with Crippen molar-refractivity contribution in [3.8, 4) is 6.07 Å². The minimum absolute atomic E-state index is 0.0247. The molecule has 2 amide bonds. The lowest BCUT2D eigenvalue weighted by atomic mass is 10.1. The van der Waals surface area contributed by atoms with Crippen molar-refractivity contribution >= 4 is 11.8 Å². The van der Waals surface area contributed by atoms with Gasteiger partial charge in [0.1, 0.15) is 0 Å². The number of hydrogen-bond acceptors (Lipinski definition) is 3. The summed E-state index contributed by atoms with van der Waals surface area (Å²) in [5.74, 6) is -0.282. The summed E-state index contributed by atoms with van der Waals surface area (Å²) >= 11 is 0. The van der Waals surface area contributed by atoms with Crippen LogP contribution >= 0.6 is 0 Å². The molecular weight excluding hydrogens is 218 g/mol. The summed E-state index contributed by atoms with van der Waals surface area (Å²) in [6.45, 7) is 2.18. The zero-order chi connectivity index (χ0) is 12.3. The van der Waals surface area contributed by atoms with E-state index in [1.54, 1.807) is 0 Å². The Kier molecular flexibility index (Phi) is 3.62. The van der Waals surface area contributed by atoms with Crippen molar-refractivity contribution in [1.82, 2.24) is 9.80 Å². The molecule has 0 aromatic heterocycles. The second-order valence-electron chi connectivity index (χ2n) is 4.75. The van der Waals surface area contributed by atoms with Crippen LogP contribution in [0.25, 0.3) is 0 Å². The predicted molar refractivity (Wildman–Crippen MR) is 60.7 cm³/mol. The third kappa shape index (κ3) is 2.76. The topological polar surface area (TPSA) is 64.4 Å². The van der Waals surface area contributed by atoms with Crippen LogP contribution in [0, 0.1) is 17.2 Å². The van der Waals surface area contributed by atoms with Crippen LogP contribution in [0.5, 0.6) is 0 Å². The number of carbonyl (C=O) groups excluding carboxylic acids is 2. The molecule has 2 rings (SSSR count). The van der Waals surface area contributed by atoms with Gasteiger partial charge >= 0.3 is 0 Å². The van der Waals surface area contributed by atoms with E-state index in [0.717, 1.165) is 25.9 Å². The fourth-order valence-corrected chi connectivity index (χ4v) is 2.42. The van der Waals surface area contributed by atoms with E-state index in [2.05, 4.69) is 6.07 Å². The summed E-state index contributed by atoms with van der Waals surface area (Å²) in [6, 6.07) is 2.09. The summed E-state index contributed by atoms with van der Waals surface area (Å²) in [6.07, 6.45) is 3.56. The molecule has 0 N–H and O–H groups in total. The van der Waals surface area contributed by atoms with Crippen molar-refractivity contribution in [3.05, 3.63) is 0 Å². The molecule has 2 heterocycles. The number of carbonyl (C=O) groups is 2. The Hall–Kier alpha value is -1.57. The molecule has 92 valence electrons. The minimum atomic E-state index is -0.239. The molecule has 0 bridgehead atoms. The fourth-order valence-electron chi connectivity index (χ4n) is 2.42. The second kappa shape index (κ2) is 5.17. The first-order valence-corrected chi connectivity index (χ1v) is 6.16. The molecule has 2 saturated heterocycles. The van der Waals surface area contributed by atoms with E-state index in [4.69, 9.17) is 5.26 Å². The van der Waals surface area contributed by atoms with Gasteiger partial charge < -0.3 is 9.80 Å². The van der Waals surface area contributed by atoms with Crippen molar-refractivity contribution in [1.29, 1.82) is 5.26 Å². The average Bonchev–Trinajstić information content (AvgIpc) is 2.71. The van der Waals surface area contributed by atoms with Crippen molar-refractivity contribution in [2.45, 2.75) is 25.7 Å². The third-order valence-electron chi connectivity index (χ3n) is 3.43. The maximum absolute atomic E-state index is 11.9. The highest BCUT2D eigenvalue weighted by atomic mass is 16.2. The third-order valence-corrected chi connectivity index (χ3v) is 3.43. The number of hydrogen-bond donors (Lipinski definition) is 0. The van der Waals surface area contributed by atoms with Gasteiger partial charge in [-0.1, -0.05) is 0 Å². The van der Waals surface area contributed by atoms with E-state index in [1.807, 2.05) is 4.90 Å². The lowest BCUT2D eigenvalue weighted by Gasteiger charge is -2.28. The number of nitriles is 1. The summed E-state index contributed by atoms with van der Waals surface area (Å²) in [7, 11) is 0. The van der Waals surface area contributed by atoms with Crippen molar-refractivity contribution in [2.75, 3.05) is 26.2 Å². The lowest BCUT2D eigenvalue weighted by Crippen LogP contribution is -2.43. The predicted octanol–water partition coefficient (Wildman–Crippen LogP) is 0.371. The van der Waals surface area contributed by atoms with Crippen LogP contribution in [0.2, 0.25) is 0 Å². The maximum Gasteiger partial charge on any atom is 0.242 e. The van der Waals surface area contributed by atoms with Gasteiger partial charge in [0.15, 0.2) is 0 Å². The van der Waals surface area contributed by atoms with Gasteiger partial charge in [-0.2, -0.15) is 5.26 Å². The Morgan fingerprint density at radius 3 is 2.65 bits per heavy atom. The van der Waals surface area contributed by atoms with Crippen LogP contribution < -0.4 is 0 Å². The molecule has 0 aliphatic carbocycles. The van der Waals surface area contributed by atoms with E-state index in [-0.39, 0.29) is 30.7 Å². The molecule has 5 heteroatoms. The molecule has 1 unspecified atom stereocenters. The highest BCUT2D eigenvalue weighted by molar-refractivity contribution is 5.86. The summed E-state index contributed by atoms with van der Waals surface area (Å²) < 4.78 is 0. The standard InChI is InChI=1S/C12H17N3O2/c13-7-10-6-11(16)15(8-10)9-12(17)14-4-2-1-3-5-14/h10H,1-6,8-9H2. The monoisotopic (exact) mass is 235 g/mol. The van der Waals surface area contributed by atoms with Gasteiger partial charge in [0.25, 0.3) is 0 Å². The van der Waals surface area contributed by atoms with E-state index < -0.39 is 0 Å². The van der Waals surface area contributed by atoms with Gasteiger partial charge in [0.2, 0.25) is 11.8 Å². The highest BCUT2D eigenvalue weighted by Gasteiger charge is 2.31. The Labute approximate surface area is 101 Å². The Morgan fingerprint density at radius 2 is 2.06 bits per heavy atom.